The maximum absolute atomic E-state index is 12.6. The Hall–Kier alpha value is -1.62. The zero-order chi connectivity index (χ0) is 16.3. The Morgan fingerprint density at radius 3 is 2.78 bits per heavy atom. The molecule has 1 aliphatic heterocycles. The van der Waals surface area contributed by atoms with E-state index in [4.69, 9.17) is 10.6 Å². The quantitative estimate of drug-likeness (QED) is 0.608. The van der Waals surface area contributed by atoms with Gasteiger partial charge in [0, 0.05) is 18.8 Å². The molecule has 1 aromatic carbocycles. The van der Waals surface area contributed by atoms with E-state index >= 15 is 0 Å². The number of rotatable bonds is 5. The van der Waals surface area contributed by atoms with Gasteiger partial charge in [0.25, 0.3) is 0 Å². The SMILES string of the molecule is Nn1cnnc1SCc1cccc(S(=O)(=O)N2CCOCC2)c1. The molecule has 0 unspecified atom stereocenters. The van der Waals surface area contributed by atoms with Crippen LogP contribution in [0, 0.1) is 0 Å². The minimum atomic E-state index is -3.48. The summed E-state index contributed by atoms with van der Waals surface area (Å²) in [5, 5.41) is 8.17. The smallest absolute Gasteiger partial charge is 0.243 e. The van der Waals surface area contributed by atoms with E-state index in [1.54, 1.807) is 18.2 Å². The van der Waals surface area contributed by atoms with Crippen LogP contribution in [0.25, 0.3) is 0 Å². The minimum absolute atomic E-state index is 0.298. The predicted octanol–water partition coefficient (Wildman–Crippen LogP) is 0.305. The Kier molecular flexibility index (Phi) is 4.85. The van der Waals surface area contributed by atoms with Gasteiger partial charge in [-0.3, -0.25) is 0 Å². The van der Waals surface area contributed by atoms with Crippen LogP contribution < -0.4 is 5.84 Å². The number of aromatic nitrogens is 3. The van der Waals surface area contributed by atoms with Crippen molar-refractivity contribution in [3.8, 4) is 0 Å². The van der Waals surface area contributed by atoms with E-state index in [1.807, 2.05) is 6.07 Å². The first-order valence-corrected chi connectivity index (χ1v) is 9.45. The molecule has 2 N–H and O–H groups in total. The fraction of sp³-hybridized carbons (Fsp3) is 0.385. The van der Waals surface area contributed by atoms with Crippen molar-refractivity contribution in [2.45, 2.75) is 15.8 Å². The van der Waals surface area contributed by atoms with Crippen LogP contribution in [0.3, 0.4) is 0 Å². The Morgan fingerprint density at radius 2 is 2.09 bits per heavy atom. The molecule has 0 spiro atoms. The third-order valence-electron chi connectivity index (χ3n) is 3.41. The fourth-order valence-electron chi connectivity index (χ4n) is 2.21. The van der Waals surface area contributed by atoms with Crippen molar-refractivity contribution >= 4 is 21.8 Å². The Bertz CT molecular complexity index is 771. The number of benzene rings is 1. The highest BCUT2D eigenvalue weighted by molar-refractivity contribution is 7.98. The third-order valence-corrected chi connectivity index (χ3v) is 6.34. The molecule has 0 bridgehead atoms. The first kappa shape index (κ1) is 16.2. The van der Waals surface area contributed by atoms with Crippen LogP contribution in [0.2, 0.25) is 0 Å². The van der Waals surface area contributed by atoms with Crippen LogP contribution in [0.4, 0.5) is 0 Å². The Labute approximate surface area is 138 Å². The molecule has 0 radical (unpaired) electrons. The van der Waals surface area contributed by atoms with Crippen molar-refractivity contribution in [2.75, 3.05) is 32.1 Å². The molecule has 8 nitrogen and oxygen atoms in total. The normalized spacial score (nSPS) is 16.5. The lowest BCUT2D eigenvalue weighted by Gasteiger charge is -2.26. The van der Waals surface area contributed by atoms with Gasteiger partial charge in [-0.15, -0.1) is 10.2 Å². The van der Waals surface area contributed by atoms with Gasteiger partial charge in [0.1, 0.15) is 6.33 Å². The van der Waals surface area contributed by atoms with Crippen molar-refractivity contribution in [3.63, 3.8) is 0 Å². The maximum Gasteiger partial charge on any atom is 0.243 e. The number of thioether (sulfide) groups is 1. The van der Waals surface area contributed by atoms with E-state index in [2.05, 4.69) is 10.2 Å². The van der Waals surface area contributed by atoms with Gasteiger partial charge in [-0.25, -0.2) is 13.1 Å². The standard InChI is InChI=1S/C13H17N5O3S2/c14-18-10-15-16-13(18)22-9-11-2-1-3-12(8-11)23(19,20)17-4-6-21-7-5-17/h1-3,8,10H,4-7,9,14H2. The third kappa shape index (κ3) is 3.66. The molecule has 3 rings (SSSR count). The number of ether oxygens (including phenoxy) is 1. The highest BCUT2D eigenvalue weighted by Gasteiger charge is 2.26. The monoisotopic (exact) mass is 355 g/mol. The summed E-state index contributed by atoms with van der Waals surface area (Å²) >= 11 is 1.40. The zero-order valence-corrected chi connectivity index (χ0v) is 14.0. The van der Waals surface area contributed by atoms with Crippen LogP contribution in [0.5, 0.6) is 0 Å². The molecule has 0 amide bonds. The zero-order valence-electron chi connectivity index (χ0n) is 12.3. The van der Waals surface area contributed by atoms with E-state index in [-0.39, 0.29) is 0 Å². The molecule has 1 fully saturated rings. The molecule has 124 valence electrons. The van der Waals surface area contributed by atoms with Gasteiger partial charge in [0.2, 0.25) is 15.2 Å². The number of sulfonamides is 1. The van der Waals surface area contributed by atoms with Crippen LogP contribution in [-0.2, 0) is 20.5 Å². The van der Waals surface area contributed by atoms with Crippen molar-refractivity contribution in [3.05, 3.63) is 36.2 Å². The number of nitrogens with zero attached hydrogens (tertiary/aromatic N) is 4. The second-order valence-corrected chi connectivity index (χ2v) is 7.85. The second kappa shape index (κ2) is 6.87. The molecule has 0 aliphatic carbocycles. The van der Waals surface area contributed by atoms with E-state index < -0.39 is 10.0 Å². The lowest BCUT2D eigenvalue weighted by Crippen LogP contribution is -2.40. The largest absolute Gasteiger partial charge is 0.379 e. The van der Waals surface area contributed by atoms with E-state index in [9.17, 15) is 8.42 Å². The van der Waals surface area contributed by atoms with Crippen LogP contribution in [0.1, 0.15) is 5.56 Å². The van der Waals surface area contributed by atoms with Crippen molar-refractivity contribution < 1.29 is 13.2 Å². The average molecular weight is 355 g/mol. The van der Waals surface area contributed by atoms with Crippen molar-refractivity contribution in [1.82, 2.24) is 19.2 Å². The van der Waals surface area contributed by atoms with E-state index in [0.717, 1.165) is 5.56 Å². The number of nitrogens with two attached hydrogens (primary N) is 1. The molecule has 0 atom stereocenters. The van der Waals surface area contributed by atoms with Crippen LogP contribution >= 0.6 is 11.8 Å². The number of hydrogen-bond donors (Lipinski definition) is 1. The summed E-state index contributed by atoms with van der Waals surface area (Å²) in [6.07, 6.45) is 1.42. The lowest BCUT2D eigenvalue weighted by molar-refractivity contribution is 0.0730. The molecular formula is C13H17N5O3S2. The minimum Gasteiger partial charge on any atom is -0.379 e. The fourth-order valence-corrected chi connectivity index (χ4v) is 4.47. The van der Waals surface area contributed by atoms with Gasteiger partial charge in [-0.1, -0.05) is 23.9 Å². The van der Waals surface area contributed by atoms with Gasteiger partial charge in [-0.05, 0) is 17.7 Å². The van der Waals surface area contributed by atoms with Gasteiger partial charge >= 0.3 is 0 Å². The summed E-state index contributed by atoms with van der Waals surface area (Å²) in [5.41, 5.74) is 0.882. The number of morpholine rings is 1. The van der Waals surface area contributed by atoms with Crippen molar-refractivity contribution in [1.29, 1.82) is 0 Å². The Morgan fingerprint density at radius 1 is 1.30 bits per heavy atom. The van der Waals surface area contributed by atoms with Crippen LogP contribution in [-0.4, -0.2) is 53.9 Å². The topological polar surface area (TPSA) is 103 Å². The number of nitrogen functional groups attached to an aromatic ring is 1. The van der Waals surface area contributed by atoms with E-state index in [1.165, 1.54) is 27.1 Å². The molecule has 1 aromatic heterocycles. The van der Waals surface area contributed by atoms with Crippen molar-refractivity contribution in [2.24, 2.45) is 0 Å². The Balaban J connectivity index is 1.75. The summed E-state index contributed by atoms with van der Waals surface area (Å²) in [5.74, 6) is 6.22. The molecule has 23 heavy (non-hydrogen) atoms. The van der Waals surface area contributed by atoms with Gasteiger partial charge in [0.05, 0.1) is 18.1 Å². The molecule has 0 saturated carbocycles. The lowest BCUT2D eigenvalue weighted by atomic mass is 10.2. The van der Waals surface area contributed by atoms with Crippen LogP contribution in [0.15, 0.2) is 40.6 Å². The first-order valence-electron chi connectivity index (χ1n) is 7.02. The van der Waals surface area contributed by atoms with Gasteiger partial charge in [0.15, 0.2) is 0 Å². The summed E-state index contributed by atoms with van der Waals surface area (Å²) in [4.78, 5) is 0.298. The summed E-state index contributed by atoms with van der Waals surface area (Å²) in [6.45, 7) is 1.64. The van der Waals surface area contributed by atoms with Gasteiger partial charge in [-0.2, -0.15) is 4.31 Å². The van der Waals surface area contributed by atoms with E-state index in [0.29, 0.717) is 42.1 Å². The maximum atomic E-state index is 12.6. The molecule has 10 heteroatoms. The van der Waals surface area contributed by atoms with Gasteiger partial charge < -0.3 is 10.6 Å². The summed E-state index contributed by atoms with van der Waals surface area (Å²) in [7, 11) is -3.48. The highest BCUT2D eigenvalue weighted by atomic mass is 32.2. The summed E-state index contributed by atoms with van der Waals surface area (Å²) in [6, 6.07) is 6.93. The molecule has 2 aromatic rings. The predicted molar refractivity (Wildman–Crippen MR) is 85.8 cm³/mol. The first-order chi connectivity index (χ1) is 11.1. The number of hydrogen-bond acceptors (Lipinski definition) is 7. The second-order valence-electron chi connectivity index (χ2n) is 4.97. The molecule has 1 aliphatic rings. The average Bonchev–Trinajstić information content (AvgIpc) is 2.99. The molecular weight excluding hydrogens is 338 g/mol. The summed E-state index contributed by atoms with van der Waals surface area (Å²) < 4.78 is 33.3. The molecule has 2 heterocycles. The molecule has 1 saturated heterocycles. The highest BCUT2D eigenvalue weighted by Crippen LogP contribution is 2.23.